The van der Waals surface area contributed by atoms with Crippen molar-refractivity contribution in [2.45, 2.75) is 40.6 Å². The largest absolute Gasteiger partial charge is 0.494 e. The van der Waals surface area contributed by atoms with Crippen LogP contribution in [0.2, 0.25) is 0 Å². The molecule has 6 N–H and O–H groups in total. The molecule has 2 unspecified atom stereocenters. The Morgan fingerprint density at radius 3 is 1.28 bits per heavy atom. The summed E-state index contributed by atoms with van der Waals surface area (Å²) < 4.78 is 229. The zero-order valence-corrected chi connectivity index (χ0v) is 39.1. The fourth-order valence-corrected chi connectivity index (χ4v) is 8.46. The molecule has 4 aromatic carbocycles. The van der Waals surface area contributed by atoms with E-state index in [1.54, 1.807) is 0 Å². The second kappa shape index (κ2) is 25.4. The maximum absolute atomic E-state index is 14.7. The van der Waals surface area contributed by atoms with Crippen LogP contribution in [0, 0.1) is 64.0 Å². The van der Waals surface area contributed by atoms with Crippen molar-refractivity contribution in [3.63, 3.8) is 0 Å². The van der Waals surface area contributed by atoms with Gasteiger partial charge in [0.15, 0.2) is 79.5 Å². The molecule has 16 nitrogen and oxygen atoms in total. The number of anilines is 2. The van der Waals surface area contributed by atoms with Gasteiger partial charge in [-0.2, -0.15) is 12.6 Å². The van der Waals surface area contributed by atoms with Crippen LogP contribution in [0.1, 0.15) is 16.6 Å². The highest BCUT2D eigenvalue weighted by Gasteiger charge is 2.36. The van der Waals surface area contributed by atoms with E-state index >= 15 is 0 Å². The van der Waals surface area contributed by atoms with E-state index in [1.807, 2.05) is 0 Å². The molecule has 0 heterocycles. The number of carbonyl (C=O) groups is 4. The van der Waals surface area contributed by atoms with Crippen LogP contribution in [0.15, 0.2) is 51.0 Å². The van der Waals surface area contributed by atoms with Crippen molar-refractivity contribution in [2.24, 2.45) is 0 Å². The van der Waals surface area contributed by atoms with Gasteiger partial charge in [0.05, 0.1) is 33.2 Å². The zero-order chi connectivity index (χ0) is 54.6. The summed E-state index contributed by atoms with van der Waals surface area (Å²) in [4.78, 5) is 39.0. The summed E-state index contributed by atoms with van der Waals surface area (Å²) in [6, 6.07) is -0.773. The number of halogens is 11. The highest BCUT2D eigenvalue weighted by Crippen LogP contribution is 2.35. The molecule has 4 aromatic rings. The molecule has 2 atom stereocenters. The summed E-state index contributed by atoms with van der Waals surface area (Å²) >= 11 is 4.02. The van der Waals surface area contributed by atoms with Gasteiger partial charge in [0.2, 0.25) is 29.4 Å². The predicted octanol–water partition coefficient (Wildman–Crippen LogP) is 5.03. The fourth-order valence-electron chi connectivity index (χ4n) is 4.88. The Labute approximate surface area is 397 Å². The standard InChI is InChI=1S/C19H18F5N3O5S2.C13H7F6NO3S.C6H12N2O2S/c1-8(28)26-11(19(29)25-2)7-33-17-13(21)15(23)18(16(24)14(17)22)34(30,31)27-9-4-5-12(32-3)10(20)6-9;1-23-7-3-2-5(4-6(7)14)20-24(21,22)13-11(18)9(16)8(15)10(17)12(13)19;1-4(9)8-5(3-11)6(10)7-2/h4-6,11,27H,7H2,1-3H3,(H,25,29)(H,26,28);2-4,20H,1H3;5,11H,3H2,1-2H3,(H,7,10)(H,8,9)/i4T;2T;. The molecule has 4 amide bonds. The van der Waals surface area contributed by atoms with Gasteiger partial charge in [0, 0.05) is 51.6 Å². The van der Waals surface area contributed by atoms with Crippen molar-refractivity contribution in [3.8, 4) is 11.5 Å². The first-order valence-corrected chi connectivity index (χ1v) is 22.8. The molecule has 0 spiro atoms. The Kier molecular flexibility index (Phi) is 20.4. The monoisotopic (exact) mass is 1080 g/mol. The number of carbonyl (C=O) groups excluding carboxylic acids is 4. The minimum atomic E-state index is -5.40. The molecular formula is C38H37F11N6O10S4. The highest BCUT2D eigenvalue weighted by atomic mass is 32.2. The van der Waals surface area contributed by atoms with Crippen LogP contribution < -0.4 is 40.2 Å². The number of benzene rings is 4. The minimum absolute atomic E-state index is 0.113. The first-order chi connectivity index (χ1) is 32.9. The van der Waals surface area contributed by atoms with Crippen LogP contribution >= 0.6 is 24.4 Å². The maximum Gasteiger partial charge on any atom is 0.267 e. The number of thioether (sulfide) groups is 1. The van der Waals surface area contributed by atoms with Gasteiger partial charge < -0.3 is 30.7 Å². The molecule has 380 valence electrons. The summed E-state index contributed by atoms with van der Waals surface area (Å²) in [5, 5.41) is 9.24. The molecule has 0 saturated heterocycles. The molecule has 0 bridgehead atoms. The summed E-state index contributed by atoms with van der Waals surface area (Å²) in [5.41, 5.74) is -1.59. The number of thiol groups is 1. The van der Waals surface area contributed by atoms with Gasteiger partial charge in [0.1, 0.15) is 12.1 Å². The maximum atomic E-state index is 14.7. The number of hydrogen-bond donors (Lipinski definition) is 7. The molecule has 0 aliphatic rings. The molecular weight excluding hydrogens is 1040 g/mol. The van der Waals surface area contributed by atoms with Crippen molar-refractivity contribution in [2.75, 3.05) is 49.3 Å². The van der Waals surface area contributed by atoms with Gasteiger partial charge in [-0.1, -0.05) is 0 Å². The first-order valence-electron chi connectivity index (χ1n) is 19.2. The van der Waals surface area contributed by atoms with Crippen molar-refractivity contribution in [3.05, 3.63) is 100 Å². The van der Waals surface area contributed by atoms with Crippen LogP contribution in [0.5, 0.6) is 11.5 Å². The smallest absolute Gasteiger partial charge is 0.267 e. The number of rotatable bonds is 16. The Bertz CT molecular complexity index is 2880. The molecule has 0 aromatic heterocycles. The lowest BCUT2D eigenvalue weighted by atomic mass is 10.3. The van der Waals surface area contributed by atoms with Crippen LogP contribution in [-0.2, 0) is 39.2 Å². The molecule has 0 radical (unpaired) electrons. The highest BCUT2D eigenvalue weighted by molar-refractivity contribution is 7.99. The number of ether oxygens (including phenoxy) is 2. The Hall–Kier alpha value is -6.21. The van der Waals surface area contributed by atoms with Crippen LogP contribution in [0.4, 0.5) is 59.7 Å². The number of amides is 4. The van der Waals surface area contributed by atoms with E-state index in [0.29, 0.717) is 17.9 Å². The lowest BCUT2D eigenvalue weighted by Gasteiger charge is -2.17. The second-order valence-corrected chi connectivity index (χ2v) is 17.4. The normalized spacial score (nSPS) is 12.3. The first kappa shape index (κ1) is 55.4. The van der Waals surface area contributed by atoms with Gasteiger partial charge >= 0.3 is 0 Å². The van der Waals surface area contributed by atoms with Crippen LogP contribution in [0.25, 0.3) is 0 Å². The van der Waals surface area contributed by atoms with Gasteiger partial charge in [-0.05, 0) is 24.2 Å². The van der Waals surface area contributed by atoms with Crippen molar-refractivity contribution in [1.82, 2.24) is 21.3 Å². The summed E-state index contributed by atoms with van der Waals surface area (Å²) in [7, 11) is -5.90. The van der Waals surface area contributed by atoms with Crippen LogP contribution in [0.3, 0.4) is 0 Å². The fraction of sp³-hybridized carbons (Fsp3) is 0.263. The average Bonchev–Trinajstić information content (AvgIpc) is 3.29. The predicted molar refractivity (Wildman–Crippen MR) is 228 cm³/mol. The van der Waals surface area contributed by atoms with Gasteiger partial charge in [0.25, 0.3) is 20.0 Å². The number of nitrogens with one attached hydrogen (secondary N) is 6. The van der Waals surface area contributed by atoms with E-state index in [9.17, 15) is 84.3 Å². The zero-order valence-electron chi connectivity index (χ0n) is 37.8. The summed E-state index contributed by atoms with van der Waals surface area (Å²) in [6.45, 7) is 2.42. The van der Waals surface area contributed by atoms with E-state index in [2.05, 4.69) is 43.4 Å². The molecule has 31 heteroatoms. The Balaban J connectivity index is 0.000000416. The SMILES string of the molecule is CNC(=O)C(CS)NC(C)=O.[3H]c1cc(OC)c(F)cc1NS(=O)(=O)c1c(F)c(F)c(F)c(F)c1F.[3H]c1cc(OC)c(F)cc1NS(=O)(=O)c1c(F)c(F)c(SCC(NC(C)=O)C(=O)NC)c(F)c1F. The van der Waals surface area contributed by atoms with E-state index in [-0.39, 0.29) is 23.6 Å². The van der Waals surface area contributed by atoms with Crippen LogP contribution in [-0.4, -0.2) is 92.4 Å². The molecule has 0 fully saturated rings. The Morgan fingerprint density at radius 2 is 0.942 bits per heavy atom. The lowest BCUT2D eigenvalue weighted by Crippen LogP contribution is -2.46. The van der Waals surface area contributed by atoms with Crippen molar-refractivity contribution < 1.29 is 96.5 Å². The van der Waals surface area contributed by atoms with Gasteiger partial charge in [-0.15, -0.1) is 11.8 Å². The third-order valence-electron chi connectivity index (χ3n) is 8.01. The summed E-state index contributed by atoms with van der Waals surface area (Å²) in [6.07, 6.45) is 0. The molecule has 4 rings (SSSR count). The molecule has 0 saturated carbocycles. The van der Waals surface area contributed by atoms with Gasteiger partial charge in [-0.3, -0.25) is 28.6 Å². The third-order valence-corrected chi connectivity index (χ3v) is 12.3. The Morgan fingerprint density at radius 1 is 0.609 bits per heavy atom. The average molecular weight is 1080 g/mol. The number of sulfonamides is 2. The van der Waals surface area contributed by atoms with Crippen molar-refractivity contribution in [1.29, 1.82) is 0 Å². The van der Waals surface area contributed by atoms with E-state index < -0.39 is 163 Å². The number of likely N-dealkylation sites (N-methyl/N-ethyl adjacent to an activating group) is 2. The molecule has 0 aliphatic carbocycles. The number of hydrogen-bond acceptors (Lipinski definition) is 12. The van der Waals surface area contributed by atoms with E-state index in [0.717, 1.165) is 33.3 Å². The van der Waals surface area contributed by atoms with E-state index in [4.69, 9.17) is 2.74 Å². The third kappa shape index (κ3) is 15.1. The van der Waals surface area contributed by atoms with Crippen molar-refractivity contribution >= 4 is 79.4 Å². The molecule has 69 heavy (non-hydrogen) atoms. The quantitative estimate of drug-likeness (QED) is 0.0259. The van der Waals surface area contributed by atoms with Gasteiger partial charge in [-0.25, -0.2) is 65.1 Å². The molecule has 0 aliphatic heterocycles. The second-order valence-electron chi connectivity index (χ2n) is 12.8. The lowest BCUT2D eigenvalue weighted by molar-refractivity contribution is -0.127. The topological polar surface area (TPSA) is 227 Å². The summed E-state index contributed by atoms with van der Waals surface area (Å²) in [5.74, 6) is -26.7. The minimum Gasteiger partial charge on any atom is -0.494 e. The number of methoxy groups -OCH3 is 2. The van der Waals surface area contributed by atoms with E-state index in [1.165, 1.54) is 30.5 Å².